The van der Waals surface area contributed by atoms with Crippen LogP contribution in [-0.2, 0) is 16.0 Å². The second-order valence-electron chi connectivity index (χ2n) is 5.58. The molecule has 0 saturated carbocycles. The second-order valence-corrected chi connectivity index (χ2v) is 5.58. The molecule has 1 aromatic rings. The number of rotatable bonds is 3. The van der Waals surface area contributed by atoms with Crippen LogP contribution in [0, 0.1) is 6.92 Å². The molecule has 0 atom stereocenters. The number of carbonyl (C=O) groups excluding carboxylic acids is 2. The zero-order chi connectivity index (χ0) is 15.4. The van der Waals surface area contributed by atoms with Crippen molar-refractivity contribution in [2.75, 3.05) is 31.9 Å². The molecular formula is C16H23N3O2. The highest BCUT2D eigenvalue weighted by atomic mass is 16.2. The Labute approximate surface area is 125 Å². The van der Waals surface area contributed by atoms with Crippen LogP contribution < -0.4 is 5.73 Å². The molecular weight excluding hydrogens is 266 g/mol. The van der Waals surface area contributed by atoms with Crippen molar-refractivity contribution in [3.8, 4) is 0 Å². The van der Waals surface area contributed by atoms with E-state index in [1.165, 1.54) is 0 Å². The first kappa shape index (κ1) is 15.4. The summed E-state index contributed by atoms with van der Waals surface area (Å²) in [4.78, 5) is 27.1. The van der Waals surface area contributed by atoms with Gasteiger partial charge in [-0.25, -0.2) is 0 Å². The van der Waals surface area contributed by atoms with Gasteiger partial charge in [0, 0.05) is 45.2 Å². The van der Waals surface area contributed by atoms with Gasteiger partial charge in [0.2, 0.25) is 11.8 Å². The molecule has 0 bridgehead atoms. The summed E-state index contributed by atoms with van der Waals surface area (Å²) in [6, 6.07) is 5.95. The summed E-state index contributed by atoms with van der Waals surface area (Å²) in [6.07, 6.45) is 1.19. The van der Waals surface area contributed by atoms with Crippen LogP contribution in [0.4, 0.5) is 5.69 Å². The van der Waals surface area contributed by atoms with Crippen molar-refractivity contribution >= 4 is 17.5 Å². The van der Waals surface area contributed by atoms with Crippen LogP contribution in [0.15, 0.2) is 18.2 Å². The molecule has 114 valence electrons. The highest BCUT2D eigenvalue weighted by molar-refractivity contribution is 5.77. The summed E-state index contributed by atoms with van der Waals surface area (Å²) in [6.45, 7) is 6.08. The largest absolute Gasteiger partial charge is 0.399 e. The third kappa shape index (κ3) is 3.97. The van der Waals surface area contributed by atoms with Gasteiger partial charge in [0.25, 0.3) is 0 Å². The first-order valence-corrected chi connectivity index (χ1v) is 7.35. The monoisotopic (exact) mass is 289 g/mol. The summed E-state index contributed by atoms with van der Waals surface area (Å²) in [5.74, 6) is 0.231. The predicted molar refractivity (Wildman–Crippen MR) is 82.7 cm³/mol. The van der Waals surface area contributed by atoms with E-state index >= 15 is 0 Å². The van der Waals surface area contributed by atoms with Crippen molar-refractivity contribution in [2.24, 2.45) is 0 Å². The fourth-order valence-corrected chi connectivity index (χ4v) is 2.53. The normalized spacial score (nSPS) is 15.1. The zero-order valence-electron chi connectivity index (χ0n) is 12.8. The van der Waals surface area contributed by atoms with E-state index in [-0.39, 0.29) is 11.8 Å². The Hall–Kier alpha value is -2.04. The van der Waals surface area contributed by atoms with E-state index in [2.05, 4.69) is 0 Å². The van der Waals surface area contributed by atoms with Crippen LogP contribution in [0.2, 0.25) is 0 Å². The summed E-state index contributed by atoms with van der Waals surface area (Å²) in [7, 11) is 0. The van der Waals surface area contributed by atoms with Crippen LogP contribution in [0.3, 0.4) is 0 Å². The Balaban J connectivity index is 1.82. The number of nitrogens with two attached hydrogens (primary N) is 1. The van der Waals surface area contributed by atoms with Crippen molar-refractivity contribution in [2.45, 2.75) is 26.7 Å². The highest BCUT2D eigenvalue weighted by Gasteiger charge is 2.21. The molecule has 2 N–H and O–H groups in total. The topological polar surface area (TPSA) is 66.6 Å². The van der Waals surface area contributed by atoms with Crippen molar-refractivity contribution in [3.63, 3.8) is 0 Å². The summed E-state index contributed by atoms with van der Waals surface area (Å²) >= 11 is 0. The molecule has 1 aliphatic heterocycles. The zero-order valence-corrected chi connectivity index (χ0v) is 12.8. The van der Waals surface area contributed by atoms with Crippen molar-refractivity contribution < 1.29 is 9.59 Å². The van der Waals surface area contributed by atoms with Gasteiger partial charge in [-0.1, -0.05) is 12.1 Å². The lowest BCUT2D eigenvalue weighted by Crippen LogP contribution is -2.50. The minimum Gasteiger partial charge on any atom is -0.399 e. The van der Waals surface area contributed by atoms with E-state index in [1.54, 1.807) is 11.8 Å². The number of aryl methyl sites for hydroxylation is 2. The van der Waals surface area contributed by atoms with E-state index in [1.807, 2.05) is 30.0 Å². The SMILES string of the molecule is CC(=O)N1CCN(C(=O)CCc2ccc(C)c(N)c2)CC1. The minimum atomic E-state index is 0.0808. The summed E-state index contributed by atoms with van der Waals surface area (Å²) in [5.41, 5.74) is 8.81. The van der Waals surface area contributed by atoms with Crippen molar-refractivity contribution in [1.82, 2.24) is 9.80 Å². The smallest absolute Gasteiger partial charge is 0.223 e. The second kappa shape index (κ2) is 6.61. The quantitative estimate of drug-likeness (QED) is 0.850. The molecule has 5 nitrogen and oxygen atoms in total. The molecule has 0 aliphatic carbocycles. The Morgan fingerprint density at radius 3 is 2.33 bits per heavy atom. The number of anilines is 1. The lowest BCUT2D eigenvalue weighted by atomic mass is 10.1. The first-order chi connectivity index (χ1) is 9.97. The third-order valence-electron chi connectivity index (χ3n) is 4.05. The molecule has 1 fully saturated rings. The van der Waals surface area contributed by atoms with Gasteiger partial charge in [-0.3, -0.25) is 9.59 Å². The van der Waals surface area contributed by atoms with E-state index < -0.39 is 0 Å². The van der Waals surface area contributed by atoms with Gasteiger partial charge in [-0.15, -0.1) is 0 Å². The van der Waals surface area contributed by atoms with E-state index in [4.69, 9.17) is 5.73 Å². The van der Waals surface area contributed by atoms with Crippen molar-refractivity contribution in [3.05, 3.63) is 29.3 Å². The molecule has 1 saturated heterocycles. The average Bonchev–Trinajstić information content (AvgIpc) is 2.48. The summed E-state index contributed by atoms with van der Waals surface area (Å²) in [5, 5.41) is 0. The maximum atomic E-state index is 12.2. The Morgan fingerprint density at radius 2 is 1.76 bits per heavy atom. The summed E-state index contributed by atoms with van der Waals surface area (Å²) < 4.78 is 0. The lowest BCUT2D eigenvalue weighted by Gasteiger charge is -2.34. The molecule has 0 spiro atoms. The molecule has 1 aromatic carbocycles. The predicted octanol–water partition coefficient (Wildman–Crippen LogP) is 1.20. The molecule has 1 heterocycles. The van der Waals surface area contributed by atoms with Gasteiger partial charge in [0.15, 0.2) is 0 Å². The molecule has 21 heavy (non-hydrogen) atoms. The number of hydrogen-bond donors (Lipinski definition) is 1. The van der Waals surface area contributed by atoms with Gasteiger partial charge in [-0.05, 0) is 30.5 Å². The van der Waals surface area contributed by atoms with E-state index in [9.17, 15) is 9.59 Å². The van der Waals surface area contributed by atoms with Gasteiger partial charge >= 0.3 is 0 Å². The van der Waals surface area contributed by atoms with Crippen LogP contribution in [-0.4, -0.2) is 47.8 Å². The van der Waals surface area contributed by atoms with Gasteiger partial charge < -0.3 is 15.5 Å². The average molecular weight is 289 g/mol. The van der Waals surface area contributed by atoms with Gasteiger partial charge in [0.05, 0.1) is 0 Å². The molecule has 0 radical (unpaired) electrons. The molecule has 1 aliphatic rings. The minimum absolute atomic E-state index is 0.0808. The van der Waals surface area contributed by atoms with Crippen LogP contribution in [0.25, 0.3) is 0 Å². The number of carbonyl (C=O) groups is 2. The Bertz CT molecular complexity index is 534. The number of hydrogen-bond acceptors (Lipinski definition) is 3. The first-order valence-electron chi connectivity index (χ1n) is 7.35. The molecule has 0 unspecified atom stereocenters. The lowest BCUT2D eigenvalue weighted by molar-refractivity contribution is -0.138. The van der Waals surface area contributed by atoms with Crippen molar-refractivity contribution in [1.29, 1.82) is 0 Å². The van der Waals surface area contributed by atoms with E-state index in [0.717, 1.165) is 16.8 Å². The highest BCUT2D eigenvalue weighted by Crippen LogP contribution is 2.15. The fraction of sp³-hybridized carbons (Fsp3) is 0.500. The Kier molecular flexibility index (Phi) is 4.83. The maximum absolute atomic E-state index is 12.2. The molecule has 5 heteroatoms. The number of piperazine rings is 1. The number of benzene rings is 1. The standard InChI is InChI=1S/C16H23N3O2/c1-12-3-4-14(11-15(12)17)5-6-16(21)19-9-7-18(8-10-19)13(2)20/h3-4,11H,5-10,17H2,1-2H3. The van der Waals surface area contributed by atoms with Crippen LogP contribution in [0.5, 0.6) is 0 Å². The van der Waals surface area contributed by atoms with Crippen LogP contribution in [0.1, 0.15) is 24.5 Å². The third-order valence-corrected chi connectivity index (χ3v) is 4.05. The van der Waals surface area contributed by atoms with Gasteiger partial charge in [-0.2, -0.15) is 0 Å². The Morgan fingerprint density at radius 1 is 1.14 bits per heavy atom. The van der Waals surface area contributed by atoms with Gasteiger partial charge in [0.1, 0.15) is 0 Å². The molecule has 0 aromatic heterocycles. The molecule has 2 amide bonds. The maximum Gasteiger partial charge on any atom is 0.223 e. The fourth-order valence-electron chi connectivity index (χ4n) is 2.53. The number of amides is 2. The number of nitrogens with zero attached hydrogens (tertiary/aromatic N) is 2. The van der Waals surface area contributed by atoms with Crippen LogP contribution >= 0.6 is 0 Å². The molecule has 2 rings (SSSR count). The number of nitrogen functional groups attached to an aromatic ring is 1. The van der Waals surface area contributed by atoms with E-state index in [0.29, 0.717) is 39.0 Å².